The summed E-state index contributed by atoms with van der Waals surface area (Å²) in [5.74, 6) is 1.92. The summed E-state index contributed by atoms with van der Waals surface area (Å²) < 4.78 is 5.57. The third-order valence-corrected chi connectivity index (χ3v) is 2.78. The van der Waals surface area contributed by atoms with Crippen molar-refractivity contribution in [1.29, 1.82) is 0 Å². The zero-order valence-electron chi connectivity index (χ0n) is 10.6. The van der Waals surface area contributed by atoms with Crippen molar-refractivity contribution in [2.45, 2.75) is 0 Å². The molecule has 0 bridgehead atoms. The van der Waals surface area contributed by atoms with E-state index in [-0.39, 0.29) is 5.91 Å². The van der Waals surface area contributed by atoms with Gasteiger partial charge in [0.25, 0.3) is 0 Å². The zero-order valence-corrected chi connectivity index (χ0v) is 10.6. The Hall–Kier alpha value is -2.52. The van der Waals surface area contributed by atoms with E-state index in [0.717, 1.165) is 29.7 Å². The summed E-state index contributed by atoms with van der Waals surface area (Å²) in [5, 5.41) is 2.27. The number of amides is 1. The predicted molar refractivity (Wildman–Crippen MR) is 72.6 cm³/mol. The van der Waals surface area contributed by atoms with Crippen molar-refractivity contribution in [3.05, 3.63) is 36.0 Å². The van der Waals surface area contributed by atoms with Gasteiger partial charge in [-0.05, 0) is 12.1 Å². The van der Waals surface area contributed by atoms with Crippen LogP contribution < -0.4 is 15.0 Å². The number of benzene rings is 1. The van der Waals surface area contributed by atoms with Gasteiger partial charge in [-0.2, -0.15) is 0 Å². The van der Waals surface area contributed by atoms with Gasteiger partial charge in [-0.15, -0.1) is 0 Å². The van der Waals surface area contributed by atoms with Crippen molar-refractivity contribution < 1.29 is 14.3 Å². The minimum absolute atomic E-state index is 0.375. The molecule has 0 saturated heterocycles. The second-order valence-corrected chi connectivity index (χ2v) is 4.07. The molecule has 5 nitrogen and oxygen atoms in total. The Bertz CT molecular complexity index is 560. The highest BCUT2D eigenvalue weighted by molar-refractivity contribution is 5.94. The maximum atomic E-state index is 11.4. The van der Waals surface area contributed by atoms with Crippen LogP contribution in [0.3, 0.4) is 0 Å². The standard InChI is InChI=1S/C14H14N2O3/c1-16-8-10-19-12-4-2-3-11(14(12)16)5-6-13(18)15-7-9-17/h2-7H,8,10H2,1H3,(H,15,18). The van der Waals surface area contributed by atoms with E-state index in [1.807, 2.05) is 25.2 Å². The number of hydrogen-bond donors (Lipinski definition) is 1. The van der Waals surface area contributed by atoms with Crippen molar-refractivity contribution in [3.63, 3.8) is 0 Å². The molecule has 0 radical (unpaired) electrons. The van der Waals surface area contributed by atoms with Gasteiger partial charge in [-0.3, -0.25) is 4.79 Å². The van der Waals surface area contributed by atoms with E-state index in [0.29, 0.717) is 6.61 Å². The van der Waals surface area contributed by atoms with Crippen molar-refractivity contribution >= 4 is 23.6 Å². The molecule has 0 atom stereocenters. The van der Waals surface area contributed by atoms with Gasteiger partial charge in [0.05, 0.1) is 18.4 Å². The van der Waals surface area contributed by atoms with E-state index >= 15 is 0 Å². The van der Waals surface area contributed by atoms with Crippen LogP contribution in [0.5, 0.6) is 5.75 Å². The minimum atomic E-state index is -0.375. The average Bonchev–Trinajstić information content (AvgIpc) is 2.43. The number of carbonyl (C=O) groups excluding carboxylic acids is 2. The van der Waals surface area contributed by atoms with Crippen LogP contribution in [0.4, 0.5) is 5.69 Å². The molecule has 1 aliphatic heterocycles. The van der Waals surface area contributed by atoms with Gasteiger partial charge in [0.1, 0.15) is 18.3 Å². The number of para-hydroxylation sites is 1. The molecule has 0 fully saturated rings. The molecule has 0 aliphatic carbocycles. The molecule has 98 valence electrons. The van der Waals surface area contributed by atoms with Crippen molar-refractivity contribution in [1.82, 2.24) is 5.32 Å². The Morgan fingerprint density at radius 2 is 2.37 bits per heavy atom. The molecule has 19 heavy (non-hydrogen) atoms. The third kappa shape index (κ3) is 3.03. The first-order valence-corrected chi connectivity index (χ1v) is 5.87. The van der Waals surface area contributed by atoms with Crippen LogP contribution in [0.15, 0.2) is 30.5 Å². The summed E-state index contributed by atoms with van der Waals surface area (Å²) in [7, 11) is 1.98. The molecule has 0 spiro atoms. The lowest BCUT2D eigenvalue weighted by Crippen LogP contribution is -2.29. The van der Waals surface area contributed by atoms with E-state index in [1.54, 1.807) is 6.08 Å². The van der Waals surface area contributed by atoms with E-state index < -0.39 is 0 Å². The molecule has 0 saturated carbocycles. The lowest BCUT2D eigenvalue weighted by molar-refractivity contribution is -0.115. The largest absolute Gasteiger partial charge is 0.490 e. The summed E-state index contributed by atoms with van der Waals surface area (Å²) in [6, 6.07) is 5.68. The van der Waals surface area contributed by atoms with E-state index in [2.05, 4.69) is 10.2 Å². The normalized spacial score (nSPS) is 13.4. The van der Waals surface area contributed by atoms with Crippen molar-refractivity contribution in [3.8, 4) is 5.75 Å². The number of anilines is 1. The van der Waals surface area contributed by atoms with Gasteiger partial charge in [-0.25, -0.2) is 4.79 Å². The molecule has 0 unspecified atom stereocenters. The number of rotatable bonds is 3. The fourth-order valence-corrected chi connectivity index (χ4v) is 1.92. The predicted octanol–water partition coefficient (Wildman–Crippen LogP) is 0.990. The summed E-state index contributed by atoms with van der Waals surface area (Å²) >= 11 is 0. The lowest BCUT2D eigenvalue weighted by atomic mass is 10.1. The van der Waals surface area contributed by atoms with Crippen LogP contribution in [0.25, 0.3) is 6.08 Å². The first kappa shape index (κ1) is 12.9. The fourth-order valence-electron chi connectivity index (χ4n) is 1.92. The molecule has 1 aromatic rings. The third-order valence-electron chi connectivity index (χ3n) is 2.78. The van der Waals surface area contributed by atoms with E-state index in [9.17, 15) is 9.59 Å². The van der Waals surface area contributed by atoms with Crippen LogP contribution in [0.1, 0.15) is 5.56 Å². The summed E-state index contributed by atoms with van der Waals surface area (Å²) in [4.78, 5) is 23.4. The summed E-state index contributed by atoms with van der Waals surface area (Å²) in [6.07, 6.45) is 3.99. The highest BCUT2D eigenvalue weighted by Crippen LogP contribution is 2.34. The van der Waals surface area contributed by atoms with E-state index in [1.165, 1.54) is 12.0 Å². The highest BCUT2D eigenvalue weighted by atomic mass is 16.5. The van der Waals surface area contributed by atoms with Crippen LogP contribution in [-0.4, -0.2) is 32.0 Å². The minimum Gasteiger partial charge on any atom is -0.490 e. The topological polar surface area (TPSA) is 58.6 Å². The van der Waals surface area contributed by atoms with Gasteiger partial charge in [0, 0.05) is 18.7 Å². The maximum absolute atomic E-state index is 11.4. The first-order chi connectivity index (χ1) is 9.22. The molecule has 0 aromatic heterocycles. The van der Waals surface area contributed by atoms with Crippen molar-refractivity contribution in [2.24, 2.45) is 0 Å². The zero-order chi connectivity index (χ0) is 13.7. The molecule has 2 rings (SSSR count). The van der Waals surface area contributed by atoms with Gasteiger partial charge in [0.15, 0.2) is 0 Å². The number of ether oxygens (including phenoxy) is 1. The second-order valence-electron chi connectivity index (χ2n) is 4.07. The molecular weight excluding hydrogens is 244 g/mol. The Kier molecular flexibility index (Phi) is 4.00. The molecule has 1 aromatic carbocycles. The molecule has 1 N–H and O–H groups in total. The lowest BCUT2D eigenvalue weighted by Gasteiger charge is -2.29. The van der Waals surface area contributed by atoms with Gasteiger partial charge in [-0.1, -0.05) is 12.1 Å². The molecular formula is C14H14N2O3. The van der Waals surface area contributed by atoms with Crippen molar-refractivity contribution in [2.75, 3.05) is 25.1 Å². The SMILES string of the molecule is CN1CCOc2cccc(C=CC(=O)NC=C=O)c21. The quantitative estimate of drug-likeness (QED) is 0.649. The summed E-state index contributed by atoms with van der Waals surface area (Å²) in [6.45, 7) is 1.46. The Labute approximate surface area is 111 Å². The smallest absolute Gasteiger partial charge is 0.248 e. The van der Waals surface area contributed by atoms with Gasteiger partial charge >= 0.3 is 0 Å². The molecule has 5 heteroatoms. The summed E-state index contributed by atoms with van der Waals surface area (Å²) in [5.41, 5.74) is 1.86. The second kappa shape index (κ2) is 5.89. The number of nitrogens with one attached hydrogen (secondary N) is 1. The Morgan fingerprint density at radius 3 is 3.16 bits per heavy atom. The van der Waals surface area contributed by atoms with Crippen LogP contribution in [-0.2, 0) is 9.59 Å². The first-order valence-electron chi connectivity index (χ1n) is 5.87. The van der Waals surface area contributed by atoms with Crippen LogP contribution >= 0.6 is 0 Å². The Balaban J connectivity index is 2.23. The highest BCUT2D eigenvalue weighted by Gasteiger charge is 2.17. The van der Waals surface area contributed by atoms with Crippen LogP contribution in [0.2, 0.25) is 0 Å². The number of likely N-dealkylation sites (N-methyl/N-ethyl adjacent to an activating group) is 1. The van der Waals surface area contributed by atoms with Gasteiger partial charge in [0.2, 0.25) is 5.91 Å². The Morgan fingerprint density at radius 1 is 1.53 bits per heavy atom. The molecule has 1 aliphatic rings. The van der Waals surface area contributed by atoms with Crippen LogP contribution in [0, 0.1) is 0 Å². The number of carbonyl (C=O) groups is 1. The monoisotopic (exact) mass is 258 g/mol. The maximum Gasteiger partial charge on any atom is 0.248 e. The molecule has 1 heterocycles. The average molecular weight is 258 g/mol. The fraction of sp³-hybridized carbons (Fsp3) is 0.214. The number of hydrogen-bond acceptors (Lipinski definition) is 4. The molecule has 1 amide bonds. The van der Waals surface area contributed by atoms with Gasteiger partial charge < -0.3 is 15.0 Å². The number of nitrogens with zero attached hydrogens (tertiary/aromatic N) is 1. The number of fused-ring (bicyclic) bond motifs is 1. The van der Waals surface area contributed by atoms with E-state index in [4.69, 9.17) is 4.74 Å².